The minimum atomic E-state index is 1.25. The Kier molecular flexibility index (Phi) is 0.972. The minimum absolute atomic E-state index is 1.25. The molecule has 0 aromatic heterocycles. The average Bonchev–Trinajstić information content (AvgIpc) is 2.35. The van der Waals surface area contributed by atoms with E-state index < -0.39 is 0 Å². The first-order valence-electron chi connectivity index (χ1n) is 2.94. The van der Waals surface area contributed by atoms with Gasteiger partial charge in [-0.15, -0.1) is 0 Å². The van der Waals surface area contributed by atoms with E-state index in [2.05, 4.69) is 31.0 Å². The van der Waals surface area contributed by atoms with E-state index in [1.165, 1.54) is 24.6 Å². The van der Waals surface area contributed by atoms with Gasteiger partial charge in [0.25, 0.3) is 0 Å². The van der Waals surface area contributed by atoms with E-state index in [0.29, 0.717) is 0 Å². The molecule has 0 atom stereocenters. The van der Waals surface area contributed by atoms with Crippen LogP contribution in [0.2, 0.25) is 0 Å². The molecule has 1 radical (unpaired) electrons. The minimum Gasteiger partial charge on any atom is -0.0585 e. The fourth-order valence-electron chi connectivity index (χ4n) is 1.04. The van der Waals surface area contributed by atoms with Gasteiger partial charge in [0, 0.05) is 11.1 Å². The van der Waals surface area contributed by atoms with Crippen LogP contribution in [0.25, 0.3) is 0 Å². The summed E-state index contributed by atoms with van der Waals surface area (Å²) >= 11 is 0. The highest BCUT2D eigenvalue weighted by atomic mass is 31.1. The summed E-state index contributed by atoms with van der Waals surface area (Å²) in [4.78, 5) is 0. The maximum absolute atomic E-state index is 3.16. The summed E-state index contributed by atoms with van der Waals surface area (Å²) in [5.74, 6) is 3.16. The molecule has 0 fully saturated rings. The van der Waals surface area contributed by atoms with E-state index in [1.54, 1.807) is 0 Å². The summed E-state index contributed by atoms with van der Waals surface area (Å²) < 4.78 is 0. The van der Waals surface area contributed by atoms with Crippen LogP contribution in [0, 0.1) is 5.82 Å². The van der Waals surface area contributed by atoms with E-state index >= 15 is 0 Å². The van der Waals surface area contributed by atoms with Gasteiger partial charge < -0.3 is 0 Å². The Bertz CT molecular complexity index is 264. The van der Waals surface area contributed by atoms with E-state index in [-0.39, 0.29) is 0 Å². The zero-order chi connectivity index (χ0) is 6.27. The maximum Gasteiger partial charge on any atom is 0.0149 e. The van der Waals surface area contributed by atoms with Crippen molar-refractivity contribution in [2.45, 2.75) is 6.92 Å². The van der Waals surface area contributed by atoms with Gasteiger partial charge in [-0.05, 0) is 24.1 Å². The van der Waals surface area contributed by atoms with E-state index in [0.717, 1.165) is 0 Å². The van der Waals surface area contributed by atoms with Crippen molar-refractivity contribution in [1.82, 2.24) is 0 Å². The normalized spacial score (nSPS) is 23.0. The summed E-state index contributed by atoms with van der Waals surface area (Å²) in [5, 5.41) is 1.44. The smallest absolute Gasteiger partial charge is 0.0149 e. The van der Waals surface area contributed by atoms with Crippen LogP contribution in [0.4, 0.5) is 0 Å². The first-order chi connectivity index (χ1) is 4.38. The molecule has 2 aliphatic rings. The Balaban J connectivity index is 2.53. The number of hydrogen-bond acceptors (Lipinski definition) is 0. The fraction of sp³-hybridized carbons (Fsp3) is 0.125. The first-order valence-corrected chi connectivity index (χ1v) is 3.83. The third-order valence-electron chi connectivity index (χ3n) is 1.56. The van der Waals surface area contributed by atoms with Crippen molar-refractivity contribution in [2.75, 3.05) is 0 Å². The van der Waals surface area contributed by atoms with Crippen molar-refractivity contribution in [2.24, 2.45) is 0 Å². The lowest BCUT2D eigenvalue weighted by atomic mass is 10.2. The molecule has 1 heterocycles. The molecule has 0 nitrogen and oxygen atoms in total. The van der Waals surface area contributed by atoms with Crippen LogP contribution in [-0.2, 0) is 0 Å². The van der Waals surface area contributed by atoms with Crippen LogP contribution in [-0.4, -0.2) is 5.29 Å². The molecule has 0 bridgehead atoms. The fourth-order valence-corrected chi connectivity index (χ4v) is 1.89. The lowest BCUT2D eigenvalue weighted by Crippen LogP contribution is -1.89. The summed E-state index contributed by atoms with van der Waals surface area (Å²) in [7, 11) is 1.25. The van der Waals surface area contributed by atoms with Gasteiger partial charge >= 0.3 is 0 Å². The van der Waals surface area contributed by atoms with Gasteiger partial charge in [-0.2, -0.15) is 0 Å². The largest absolute Gasteiger partial charge is 0.0585 e. The molecule has 9 heavy (non-hydrogen) atoms. The predicted octanol–water partition coefficient (Wildman–Crippen LogP) is 2.32. The molecule has 0 saturated heterocycles. The number of rotatable bonds is 0. The molecular weight excluding hydrogens is 127 g/mol. The van der Waals surface area contributed by atoms with Crippen LogP contribution in [0.1, 0.15) is 6.92 Å². The highest BCUT2D eigenvalue weighted by Gasteiger charge is 2.12. The number of allylic oxidation sites excluding steroid dienone is 5. The Morgan fingerprint density at radius 1 is 1.44 bits per heavy atom. The standard InChI is InChI=1S/C8H6P/c1-6-2-3-7-4-5-9-8(6)7/h2-4H,1H3. The molecule has 0 aromatic carbocycles. The van der Waals surface area contributed by atoms with E-state index in [4.69, 9.17) is 0 Å². The molecule has 0 spiro atoms. The molecule has 0 saturated carbocycles. The predicted molar refractivity (Wildman–Crippen MR) is 41.6 cm³/mol. The molecule has 43 valence electrons. The molecular formula is C8H6P. The van der Waals surface area contributed by atoms with Crippen LogP contribution in [0.5, 0.6) is 0 Å². The van der Waals surface area contributed by atoms with Gasteiger partial charge in [-0.25, -0.2) is 0 Å². The molecule has 0 unspecified atom stereocenters. The quantitative estimate of drug-likeness (QED) is 0.445. The number of hydrogen-bond donors (Lipinski definition) is 0. The highest BCUT2D eigenvalue weighted by molar-refractivity contribution is 7.44. The van der Waals surface area contributed by atoms with Crippen LogP contribution < -0.4 is 0 Å². The van der Waals surface area contributed by atoms with Crippen molar-refractivity contribution in [3.8, 4) is 0 Å². The third-order valence-corrected chi connectivity index (χ3v) is 2.65. The van der Waals surface area contributed by atoms with Crippen LogP contribution in [0.15, 0.2) is 29.4 Å². The van der Waals surface area contributed by atoms with E-state index in [1.807, 2.05) is 0 Å². The zero-order valence-electron chi connectivity index (χ0n) is 5.18. The second-order valence-electron chi connectivity index (χ2n) is 2.21. The molecule has 1 aliphatic heterocycles. The third kappa shape index (κ3) is 0.635. The van der Waals surface area contributed by atoms with Crippen molar-refractivity contribution in [3.05, 3.63) is 35.2 Å². The first kappa shape index (κ1) is 5.20. The lowest BCUT2D eigenvalue weighted by molar-refractivity contribution is 1.65. The number of fused-ring (bicyclic) bond motifs is 1. The summed E-state index contributed by atoms with van der Waals surface area (Å²) in [6.45, 7) is 2.15. The van der Waals surface area contributed by atoms with Crippen LogP contribution >= 0.6 is 8.20 Å². The molecule has 1 aliphatic carbocycles. The average molecular weight is 133 g/mol. The van der Waals surface area contributed by atoms with Crippen molar-refractivity contribution >= 4 is 13.5 Å². The summed E-state index contributed by atoms with van der Waals surface area (Å²) in [5.41, 5.74) is 2.75. The van der Waals surface area contributed by atoms with Crippen LogP contribution in [0.3, 0.4) is 0 Å². The lowest BCUT2D eigenvalue weighted by Gasteiger charge is -1.93. The van der Waals surface area contributed by atoms with Gasteiger partial charge in [0.05, 0.1) is 0 Å². The topological polar surface area (TPSA) is 0 Å². The SMILES string of the molecule is CC1=CC=C2C=[C]P=C12. The Morgan fingerprint density at radius 3 is 3.11 bits per heavy atom. The maximum atomic E-state index is 3.16. The monoisotopic (exact) mass is 133 g/mol. The Morgan fingerprint density at radius 2 is 2.33 bits per heavy atom. The Labute approximate surface area is 56.4 Å². The van der Waals surface area contributed by atoms with Gasteiger partial charge in [0.2, 0.25) is 0 Å². The molecule has 2 rings (SSSR count). The second kappa shape index (κ2) is 1.68. The highest BCUT2D eigenvalue weighted by Crippen LogP contribution is 2.28. The molecule has 0 aromatic rings. The zero-order valence-corrected chi connectivity index (χ0v) is 6.07. The molecule has 1 heteroatoms. The Hall–Kier alpha value is -0.610. The van der Waals surface area contributed by atoms with Gasteiger partial charge in [0.15, 0.2) is 0 Å². The van der Waals surface area contributed by atoms with Crippen molar-refractivity contribution < 1.29 is 0 Å². The second-order valence-corrected chi connectivity index (χ2v) is 3.13. The van der Waals surface area contributed by atoms with Gasteiger partial charge in [-0.1, -0.05) is 20.4 Å². The summed E-state index contributed by atoms with van der Waals surface area (Å²) in [6.07, 6.45) is 6.37. The van der Waals surface area contributed by atoms with E-state index in [9.17, 15) is 0 Å². The summed E-state index contributed by atoms with van der Waals surface area (Å²) in [6, 6.07) is 0. The van der Waals surface area contributed by atoms with Gasteiger partial charge in [-0.3, -0.25) is 0 Å². The van der Waals surface area contributed by atoms with Gasteiger partial charge in [0.1, 0.15) is 0 Å². The molecule has 0 amide bonds. The van der Waals surface area contributed by atoms with Crippen molar-refractivity contribution in [1.29, 1.82) is 0 Å². The molecule has 0 N–H and O–H groups in total. The van der Waals surface area contributed by atoms with Crippen molar-refractivity contribution in [3.63, 3.8) is 0 Å².